The summed E-state index contributed by atoms with van der Waals surface area (Å²) in [6.07, 6.45) is 3.02. The highest BCUT2D eigenvalue weighted by molar-refractivity contribution is 7.89. The lowest BCUT2D eigenvalue weighted by atomic mass is 10.1. The van der Waals surface area contributed by atoms with E-state index in [1.165, 1.54) is 18.4 Å². The van der Waals surface area contributed by atoms with Crippen molar-refractivity contribution in [2.75, 3.05) is 32.9 Å². The summed E-state index contributed by atoms with van der Waals surface area (Å²) in [5, 5.41) is 14.4. The third kappa shape index (κ3) is 4.27. The molecule has 0 amide bonds. The lowest BCUT2D eigenvalue weighted by Gasteiger charge is -2.18. The average Bonchev–Trinajstić information content (AvgIpc) is 3.19. The molecule has 2 aromatic rings. The van der Waals surface area contributed by atoms with Gasteiger partial charge in [0.1, 0.15) is 0 Å². The minimum Gasteiger partial charge on any atom is -0.391 e. The second kappa shape index (κ2) is 7.25. The van der Waals surface area contributed by atoms with Gasteiger partial charge in [-0.1, -0.05) is 12.1 Å². The van der Waals surface area contributed by atoms with Gasteiger partial charge in [-0.15, -0.1) is 0 Å². The molecule has 0 aliphatic carbocycles. The Bertz CT molecular complexity index is 788. The molecule has 0 bridgehead atoms. The van der Waals surface area contributed by atoms with E-state index in [9.17, 15) is 13.5 Å². The van der Waals surface area contributed by atoms with Gasteiger partial charge in [-0.2, -0.15) is 5.10 Å². The Morgan fingerprint density at radius 1 is 1.24 bits per heavy atom. The van der Waals surface area contributed by atoms with E-state index in [2.05, 4.69) is 10.00 Å². The summed E-state index contributed by atoms with van der Waals surface area (Å²) in [4.78, 5) is 2.10. The molecular formula is C17H24N4O3S. The fourth-order valence-electron chi connectivity index (χ4n) is 3.09. The molecule has 136 valence electrons. The van der Waals surface area contributed by atoms with Crippen LogP contribution in [0.15, 0.2) is 42.7 Å². The summed E-state index contributed by atoms with van der Waals surface area (Å²) in [5.74, 6) is -0.272. The zero-order valence-corrected chi connectivity index (χ0v) is 15.3. The van der Waals surface area contributed by atoms with Crippen LogP contribution < -0.4 is 0 Å². The van der Waals surface area contributed by atoms with Crippen LogP contribution in [-0.4, -0.2) is 71.6 Å². The van der Waals surface area contributed by atoms with E-state index in [0.717, 1.165) is 11.3 Å². The van der Waals surface area contributed by atoms with Gasteiger partial charge < -0.3 is 5.11 Å². The quantitative estimate of drug-likeness (QED) is 0.810. The van der Waals surface area contributed by atoms with Crippen LogP contribution in [0, 0.1) is 5.92 Å². The summed E-state index contributed by atoms with van der Waals surface area (Å²) in [7, 11) is -0.258. The van der Waals surface area contributed by atoms with Crippen molar-refractivity contribution in [2.24, 2.45) is 5.92 Å². The predicted octanol–water partition coefficient (Wildman–Crippen LogP) is 0.556. The maximum atomic E-state index is 12.0. The van der Waals surface area contributed by atoms with Crippen LogP contribution in [0.25, 0.3) is 5.69 Å². The Hall–Kier alpha value is -1.74. The van der Waals surface area contributed by atoms with Crippen molar-refractivity contribution < 1.29 is 13.5 Å². The largest absolute Gasteiger partial charge is 0.391 e. The van der Waals surface area contributed by atoms with Crippen molar-refractivity contribution in [2.45, 2.75) is 12.6 Å². The number of likely N-dealkylation sites (tertiary alicyclic amines) is 1. The Labute approximate surface area is 148 Å². The highest BCUT2D eigenvalue weighted by atomic mass is 32.2. The van der Waals surface area contributed by atoms with Crippen molar-refractivity contribution in [1.82, 2.24) is 19.0 Å². The minimum absolute atomic E-state index is 0.0180. The molecule has 1 aromatic heterocycles. The van der Waals surface area contributed by atoms with Gasteiger partial charge in [-0.3, -0.25) is 4.90 Å². The molecule has 8 heteroatoms. The van der Waals surface area contributed by atoms with E-state index < -0.39 is 16.1 Å². The zero-order valence-electron chi connectivity index (χ0n) is 14.5. The normalized spacial score (nSPS) is 21.9. The van der Waals surface area contributed by atoms with Crippen molar-refractivity contribution in [3.8, 4) is 5.69 Å². The van der Waals surface area contributed by atoms with Gasteiger partial charge in [0.15, 0.2) is 0 Å². The van der Waals surface area contributed by atoms with E-state index in [1.807, 2.05) is 36.5 Å². The fraction of sp³-hybridized carbons (Fsp3) is 0.471. The SMILES string of the molecule is CN(C)S(=O)(=O)C[C@@H]1CN(Cc2ccc(-n3cccn3)cc2)C[C@H]1O. The molecule has 1 fully saturated rings. The van der Waals surface area contributed by atoms with Gasteiger partial charge in [0.05, 0.1) is 17.5 Å². The Morgan fingerprint density at radius 2 is 1.96 bits per heavy atom. The number of aliphatic hydroxyl groups excluding tert-OH is 1. The molecule has 2 heterocycles. The molecule has 2 atom stereocenters. The molecule has 0 spiro atoms. The molecule has 1 aromatic carbocycles. The fourth-order valence-corrected chi connectivity index (χ4v) is 4.25. The van der Waals surface area contributed by atoms with E-state index >= 15 is 0 Å². The van der Waals surface area contributed by atoms with Crippen molar-refractivity contribution in [3.63, 3.8) is 0 Å². The molecule has 0 saturated carbocycles. The highest BCUT2D eigenvalue weighted by Gasteiger charge is 2.35. The van der Waals surface area contributed by atoms with Crippen LogP contribution in [0.2, 0.25) is 0 Å². The summed E-state index contributed by atoms with van der Waals surface area (Å²) in [6.45, 7) is 1.76. The maximum absolute atomic E-state index is 12.0. The van der Waals surface area contributed by atoms with Gasteiger partial charge in [0.25, 0.3) is 0 Å². The molecule has 1 N–H and O–H groups in total. The number of sulfonamides is 1. The van der Waals surface area contributed by atoms with Crippen LogP contribution in [-0.2, 0) is 16.6 Å². The standard InChI is InChI=1S/C17H24N4O3S/c1-19(2)25(23,24)13-15-11-20(12-17(15)22)10-14-4-6-16(7-5-14)21-9-3-8-18-21/h3-9,15,17,22H,10-13H2,1-2H3/t15-,17+/m0/s1. The second-order valence-corrected chi connectivity index (χ2v) is 8.93. The highest BCUT2D eigenvalue weighted by Crippen LogP contribution is 2.22. The zero-order chi connectivity index (χ0) is 18.0. The van der Waals surface area contributed by atoms with E-state index in [4.69, 9.17) is 0 Å². The summed E-state index contributed by atoms with van der Waals surface area (Å²) >= 11 is 0. The third-order valence-corrected chi connectivity index (χ3v) is 6.54. The number of aromatic nitrogens is 2. The lowest BCUT2D eigenvalue weighted by Crippen LogP contribution is -2.33. The first-order valence-electron chi connectivity index (χ1n) is 8.25. The van der Waals surface area contributed by atoms with Crippen molar-refractivity contribution in [1.29, 1.82) is 0 Å². The number of aliphatic hydroxyl groups is 1. The molecule has 7 nitrogen and oxygen atoms in total. The van der Waals surface area contributed by atoms with E-state index in [1.54, 1.807) is 10.9 Å². The first-order valence-corrected chi connectivity index (χ1v) is 9.85. The van der Waals surface area contributed by atoms with Crippen molar-refractivity contribution in [3.05, 3.63) is 48.3 Å². The van der Waals surface area contributed by atoms with E-state index in [-0.39, 0.29) is 11.7 Å². The Kier molecular flexibility index (Phi) is 5.24. The van der Waals surface area contributed by atoms with Crippen LogP contribution in [0.4, 0.5) is 0 Å². The van der Waals surface area contributed by atoms with Gasteiger partial charge in [-0.25, -0.2) is 17.4 Å². The van der Waals surface area contributed by atoms with Crippen molar-refractivity contribution >= 4 is 10.0 Å². The predicted molar refractivity (Wildman–Crippen MR) is 95.8 cm³/mol. The number of hydrogen-bond donors (Lipinski definition) is 1. The van der Waals surface area contributed by atoms with Gasteiger partial charge in [0.2, 0.25) is 10.0 Å². The summed E-state index contributed by atoms with van der Waals surface area (Å²) in [6, 6.07) is 9.95. The minimum atomic E-state index is -3.30. The number of nitrogens with zero attached hydrogens (tertiary/aromatic N) is 4. The van der Waals surface area contributed by atoms with Crippen LogP contribution >= 0.6 is 0 Å². The Balaban J connectivity index is 1.61. The molecule has 25 heavy (non-hydrogen) atoms. The second-order valence-electron chi connectivity index (χ2n) is 6.70. The van der Waals surface area contributed by atoms with Gasteiger partial charge in [0, 0.05) is 52.0 Å². The monoisotopic (exact) mass is 364 g/mol. The number of rotatable bonds is 6. The number of β-amino-alcohol motifs (C(OH)–C–C–N with tert-alkyl or cyclic N) is 1. The van der Waals surface area contributed by atoms with E-state index in [0.29, 0.717) is 19.6 Å². The number of hydrogen-bond acceptors (Lipinski definition) is 5. The number of benzene rings is 1. The molecule has 1 aliphatic rings. The maximum Gasteiger partial charge on any atom is 0.214 e. The molecule has 3 rings (SSSR count). The molecular weight excluding hydrogens is 340 g/mol. The molecule has 1 aliphatic heterocycles. The summed E-state index contributed by atoms with van der Waals surface area (Å²) < 4.78 is 27.1. The van der Waals surface area contributed by atoms with Crippen LogP contribution in [0.3, 0.4) is 0 Å². The first-order chi connectivity index (χ1) is 11.8. The van der Waals surface area contributed by atoms with Gasteiger partial charge in [-0.05, 0) is 23.8 Å². The van der Waals surface area contributed by atoms with Gasteiger partial charge >= 0.3 is 0 Å². The average molecular weight is 364 g/mol. The lowest BCUT2D eigenvalue weighted by molar-refractivity contribution is 0.148. The molecule has 0 radical (unpaired) electrons. The molecule has 0 unspecified atom stereocenters. The van der Waals surface area contributed by atoms with Crippen LogP contribution in [0.1, 0.15) is 5.56 Å². The smallest absolute Gasteiger partial charge is 0.214 e. The Morgan fingerprint density at radius 3 is 2.56 bits per heavy atom. The topological polar surface area (TPSA) is 78.7 Å². The first kappa shape index (κ1) is 18.1. The molecule has 1 saturated heterocycles. The van der Waals surface area contributed by atoms with Crippen LogP contribution in [0.5, 0.6) is 0 Å². The summed E-state index contributed by atoms with van der Waals surface area (Å²) in [5.41, 5.74) is 2.12. The third-order valence-electron chi connectivity index (χ3n) is 4.57.